The van der Waals surface area contributed by atoms with E-state index in [1.165, 1.54) is 36.4 Å². The fourth-order valence-electron chi connectivity index (χ4n) is 3.78. The summed E-state index contributed by atoms with van der Waals surface area (Å²) in [7, 11) is -8.00. The predicted molar refractivity (Wildman–Crippen MR) is 162 cm³/mol. The van der Waals surface area contributed by atoms with E-state index in [9.17, 15) is 21.6 Å². The maximum atomic E-state index is 13.6. The first-order valence-corrected chi connectivity index (χ1v) is 16.0. The van der Waals surface area contributed by atoms with Gasteiger partial charge in [-0.3, -0.25) is 13.8 Å². The van der Waals surface area contributed by atoms with Gasteiger partial charge in [0.1, 0.15) is 6.54 Å². The molecule has 0 aliphatic heterocycles. The Kier molecular flexibility index (Phi) is 8.89. The minimum Gasteiger partial charge on any atom is -0.325 e. The second kappa shape index (κ2) is 12.0. The average Bonchev–Trinajstić information content (AvgIpc) is 2.91. The maximum Gasteiger partial charge on any atom is 0.264 e. The van der Waals surface area contributed by atoms with Crippen LogP contribution in [0.1, 0.15) is 11.1 Å². The minimum atomic E-state index is -4.13. The van der Waals surface area contributed by atoms with Crippen LogP contribution in [0.25, 0.3) is 0 Å². The number of anilines is 3. The predicted octanol–water partition coefficient (Wildman–Crippen LogP) is 6.35. The van der Waals surface area contributed by atoms with Crippen LogP contribution in [0.3, 0.4) is 0 Å². The van der Waals surface area contributed by atoms with Gasteiger partial charge in [0.25, 0.3) is 20.0 Å². The lowest BCUT2D eigenvalue weighted by atomic mass is 10.2. The molecule has 0 fully saturated rings. The highest BCUT2D eigenvalue weighted by Gasteiger charge is 2.29. The number of halogens is 2. The molecule has 0 aromatic heterocycles. The Balaban J connectivity index is 1.56. The second-order valence-corrected chi connectivity index (χ2v) is 13.8. The fourth-order valence-corrected chi connectivity index (χ4v) is 6.75. The highest BCUT2D eigenvalue weighted by molar-refractivity contribution is 9.10. The first-order valence-electron chi connectivity index (χ1n) is 11.9. The molecule has 0 radical (unpaired) electrons. The quantitative estimate of drug-likeness (QED) is 0.217. The highest BCUT2D eigenvalue weighted by Crippen LogP contribution is 2.31. The Bertz CT molecular complexity index is 1750. The first kappa shape index (κ1) is 29.6. The zero-order valence-corrected chi connectivity index (χ0v) is 25.4. The summed E-state index contributed by atoms with van der Waals surface area (Å²) in [6.45, 7) is 2.98. The van der Waals surface area contributed by atoms with Gasteiger partial charge in [0.15, 0.2) is 0 Å². The fraction of sp³-hybridized carbons (Fsp3) is 0.107. The zero-order chi connectivity index (χ0) is 29.1. The van der Waals surface area contributed by atoms with Crippen molar-refractivity contribution in [2.75, 3.05) is 20.9 Å². The molecule has 0 spiro atoms. The monoisotopic (exact) mass is 661 g/mol. The average molecular weight is 663 g/mol. The van der Waals surface area contributed by atoms with E-state index in [-0.39, 0.29) is 15.5 Å². The largest absolute Gasteiger partial charge is 0.325 e. The number of hydrogen-bond acceptors (Lipinski definition) is 5. The topological polar surface area (TPSA) is 113 Å². The smallest absolute Gasteiger partial charge is 0.264 e. The Labute approximate surface area is 247 Å². The first-order chi connectivity index (χ1) is 18.9. The normalized spacial score (nSPS) is 11.6. The number of aryl methyl sites for hydroxylation is 1. The lowest BCUT2D eigenvalue weighted by molar-refractivity contribution is -0.114. The van der Waals surface area contributed by atoms with E-state index in [0.29, 0.717) is 22.0 Å². The maximum absolute atomic E-state index is 13.6. The molecule has 0 atom stereocenters. The molecule has 2 N–H and O–H groups in total. The van der Waals surface area contributed by atoms with Crippen LogP contribution < -0.4 is 14.3 Å². The van der Waals surface area contributed by atoms with E-state index in [1.807, 2.05) is 6.92 Å². The van der Waals surface area contributed by atoms with Gasteiger partial charge in [0, 0.05) is 20.9 Å². The molecule has 4 aromatic carbocycles. The van der Waals surface area contributed by atoms with Crippen molar-refractivity contribution in [3.05, 3.63) is 112 Å². The number of nitrogens with zero attached hydrogens (tertiary/aromatic N) is 1. The van der Waals surface area contributed by atoms with Crippen molar-refractivity contribution in [2.24, 2.45) is 0 Å². The molecule has 0 aliphatic carbocycles. The van der Waals surface area contributed by atoms with Gasteiger partial charge >= 0.3 is 0 Å². The van der Waals surface area contributed by atoms with Gasteiger partial charge in [-0.05, 0) is 92.2 Å². The van der Waals surface area contributed by atoms with Gasteiger partial charge < -0.3 is 5.32 Å². The van der Waals surface area contributed by atoms with Gasteiger partial charge in [-0.15, -0.1) is 0 Å². The number of benzene rings is 4. The molecule has 4 aromatic rings. The molecule has 4 rings (SSSR count). The van der Waals surface area contributed by atoms with Crippen LogP contribution >= 0.6 is 27.5 Å². The number of hydrogen-bond donors (Lipinski definition) is 2. The van der Waals surface area contributed by atoms with Gasteiger partial charge in [0.05, 0.1) is 15.5 Å². The molecular formula is C28H25BrClN3O5S2. The van der Waals surface area contributed by atoms with Crippen molar-refractivity contribution in [1.29, 1.82) is 0 Å². The second-order valence-electron chi connectivity index (χ2n) is 8.89. The molecule has 0 bridgehead atoms. The van der Waals surface area contributed by atoms with Crippen molar-refractivity contribution in [3.8, 4) is 0 Å². The van der Waals surface area contributed by atoms with Crippen LogP contribution in [-0.2, 0) is 24.8 Å². The van der Waals surface area contributed by atoms with E-state index in [0.717, 1.165) is 14.3 Å². The van der Waals surface area contributed by atoms with Crippen molar-refractivity contribution < 1.29 is 21.6 Å². The van der Waals surface area contributed by atoms with Crippen LogP contribution in [-0.4, -0.2) is 29.3 Å². The minimum absolute atomic E-state index is 0.00783. The molecule has 40 heavy (non-hydrogen) atoms. The third-order valence-electron chi connectivity index (χ3n) is 5.95. The molecular weight excluding hydrogens is 638 g/mol. The lowest BCUT2D eigenvalue weighted by Crippen LogP contribution is -2.38. The molecule has 0 unspecified atom stereocenters. The van der Waals surface area contributed by atoms with Crippen molar-refractivity contribution in [3.63, 3.8) is 0 Å². The number of sulfonamides is 2. The summed E-state index contributed by atoms with van der Waals surface area (Å²) in [4.78, 5) is 13.1. The van der Waals surface area contributed by atoms with Gasteiger partial charge in [0.2, 0.25) is 5.91 Å². The molecule has 12 heteroatoms. The van der Waals surface area contributed by atoms with E-state index < -0.39 is 32.5 Å². The molecule has 1 amide bonds. The van der Waals surface area contributed by atoms with Crippen LogP contribution in [0.5, 0.6) is 0 Å². The van der Waals surface area contributed by atoms with Crippen molar-refractivity contribution in [2.45, 2.75) is 23.6 Å². The van der Waals surface area contributed by atoms with Crippen LogP contribution in [0, 0.1) is 13.8 Å². The third-order valence-corrected chi connectivity index (χ3v) is 10.1. The van der Waals surface area contributed by atoms with E-state index in [4.69, 9.17) is 11.6 Å². The van der Waals surface area contributed by atoms with Crippen LogP contribution in [0.4, 0.5) is 17.1 Å². The molecule has 208 valence electrons. The number of nitrogens with one attached hydrogen (secondary N) is 2. The Morgan fingerprint density at radius 2 is 1.38 bits per heavy atom. The van der Waals surface area contributed by atoms with E-state index in [2.05, 4.69) is 26.0 Å². The molecule has 0 aliphatic rings. The van der Waals surface area contributed by atoms with Crippen molar-refractivity contribution in [1.82, 2.24) is 0 Å². The standard InChI is InChI=1S/C28H25BrClN3O5S2/c1-19-6-14-25(15-7-19)40(37,38)33(27-5-3-4-26(30)20(27)2)18-28(34)31-22-12-16-24(17-13-22)39(35,36)32-23-10-8-21(29)9-11-23/h3-17,32H,18H2,1-2H3,(H,31,34). The summed E-state index contributed by atoms with van der Waals surface area (Å²) in [6.07, 6.45) is 0. The molecule has 0 heterocycles. The summed E-state index contributed by atoms with van der Waals surface area (Å²) in [5, 5.41) is 3.00. The van der Waals surface area contributed by atoms with E-state index >= 15 is 0 Å². The Hall–Kier alpha value is -3.38. The molecule has 0 saturated carbocycles. The zero-order valence-electron chi connectivity index (χ0n) is 21.4. The summed E-state index contributed by atoms with van der Waals surface area (Å²) < 4.78 is 57.1. The van der Waals surface area contributed by atoms with Crippen LogP contribution in [0.2, 0.25) is 5.02 Å². The molecule has 8 nitrogen and oxygen atoms in total. The van der Waals surface area contributed by atoms with Gasteiger partial charge in [-0.2, -0.15) is 0 Å². The molecule has 0 saturated heterocycles. The van der Waals surface area contributed by atoms with Crippen LogP contribution in [0.15, 0.2) is 105 Å². The highest BCUT2D eigenvalue weighted by atomic mass is 79.9. The SMILES string of the molecule is Cc1ccc(S(=O)(=O)N(CC(=O)Nc2ccc(S(=O)(=O)Nc3ccc(Br)cc3)cc2)c2cccc(Cl)c2C)cc1. The number of carbonyl (C=O) groups excluding carboxylic acids is 1. The Morgan fingerprint density at radius 3 is 2.00 bits per heavy atom. The third kappa shape index (κ3) is 6.84. The number of amides is 1. The van der Waals surface area contributed by atoms with Crippen molar-refractivity contribution >= 4 is 70.5 Å². The van der Waals surface area contributed by atoms with E-state index in [1.54, 1.807) is 61.5 Å². The lowest BCUT2D eigenvalue weighted by Gasteiger charge is -2.26. The Morgan fingerprint density at radius 1 is 0.800 bits per heavy atom. The summed E-state index contributed by atoms with van der Waals surface area (Å²) >= 11 is 9.58. The van der Waals surface area contributed by atoms with Gasteiger partial charge in [-0.25, -0.2) is 16.8 Å². The number of rotatable bonds is 9. The number of carbonyl (C=O) groups is 1. The summed E-state index contributed by atoms with van der Waals surface area (Å²) in [6, 6.07) is 23.4. The summed E-state index contributed by atoms with van der Waals surface area (Å²) in [5.41, 5.74) is 2.35. The van der Waals surface area contributed by atoms with Gasteiger partial charge in [-0.1, -0.05) is 51.3 Å². The summed E-state index contributed by atoms with van der Waals surface area (Å²) in [5.74, 6) is -0.626.